The molecule has 4 rings (SSSR count). The molecule has 2 aromatic carbocycles. The van der Waals surface area contributed by atoms with Gasteiger partial charge in [-0.15, -0.1) is 0 Å². The number of methoxy groups -OCH3 is 1. The van der Waals surface area contributed by atoms with Crippen molar-refractivity contribution in [2.75, 3.05) is 12.4 Å². The number of hydrogen-bond donors (Lipinski definition) is 1. The van der Waals surface area contributed by atoms with Gasteiger partial charge in [0.1, 0.15) is 11.4 Å². The van der Waals surface area contributed by atoms with E-state index in [9.17, 15) is 4.79 Å². The van der Waals surface area contributed by atoms with Crippen molar-refractivity contribution in [2.24, 2.45) is 0 Å². The maximum Gasteiger partial charge on any atom is 0.272 e. The summed E-state index contributed by atoms with van der Waals surface area (Å²) in [5.74, 6) is 1.38. The van der Waals surface area contributed by atoms with Crippen molar-refractivity contribution in [3.8, 4) is 17.2 Å². The third kappa shape index (κ3) is 3.78. The molecule has 7 nitrogen and oxygen atoms in total. The fraction of sp³-hybridized carbons (Fsp3) is 0.0952. The van der Waals surface area contributed by atoms with Crippen molar-refractivity contribution in [3.05, 3.63) is 84.4 Å². The molecule has 0 unspecified atom stereocenters. The van der Waals surface area contributed by atoms with Crippen LogP contribution in [0.15, 0.2) is 77.4 Å². The van der Waals surface area contributed by atoms with Crippen molar-refractivity contribution < 1.29 is 14.1 Å². The zero-order valence-electron chi connectivity index (χ0n) is 15.2. The van der Waals surface area contributed by atoms with Crippen LogP contribution >= 0.6 is 0 Å². The Morgan fingerprint density at radius 1 is 1.11 bits per heavy atom. The number of anilines is 1. The molecule has 0 fully saturated rings. The highest BCUT2D eigenvalue weighted by molar-refractivity contribution is 6.03. The first-order valence-corrected chi connectivity index (χ1v) is 8.71. The van der Waals surface area contributed by atoms with Gasteiger partial charge in [0.15, 0.2) is 5.82 Å². The summed E-state index contributed by atoms with van der Waals surface area (Å²) in [4.78, 5) is 17.1. The summed E-state index contributed by atoms with van der Waals surface area (Å²) in [6.07, 6.45) is 1.80. The molecule has 1 N–H and O–H groups in total. The van der Waals surface area contributed by atoms with Crippen LogP contribution in [0.4, 0.5) is 5.69 Å². The van der Waals surface area contributed by atoms with Crippen molar-refractivity contribution in [3.63, 3.8) is 0 Å². The highest BCUT2D eigenvalue weighted by Crippen LogP contribution is 2.19. The third-order valence-corrected chi connectivity index (χ3v) is 4.19. The molecule has 0 aliphatic heterocycles. The van der Waals surface area contributed by atoms with Crippen LogP contribution in [0, 0.1) is 0 Å². The van der Waals surface area contributed by atoms with Gasteiger partial charge < -0.3 is 19.1 Å². The lowest BCUT2D eigenvalue weighted by Gasteiger charge is -2.09. The fourth-order valence-corrected chi connectivity index (χ4v) is 2.82. The van der Waals surface area contributed by atoms with Crippen LogP contribution in [0.1, 0.15) is 16.3 Å². The van der Waals surface area contributed by atoms with E-state index >= 15 is 0 Å². The average Bonchev–Trinajstić information content (AvgIpc) is 3.39. The Bertz CT molecular complexity index is 1090. The summed E-state index contributed by atoms with van der Waals surface area (Å²) in [6, 6.07) is 20.3. The molecule has 4 aromatic rings. The third-order valence-electron chi connectivity index (χ3n) is 4.19. The van der Waals surface area contributed by atoms with E-state index in [0.717, 1.165) is 5.56 Å². The molecule has 0 aliphatic carbocycles. The summed E-state index contributed by atoms with van der Waals surface area (Å²) >= 11 is 0. The van der Waals surface area contributed by atoms with Crippen molar-refractivity contribution in [2.45, 2.75) is 6.54 Å². The highest BCUT2D eigenvalue weighted by Gasteiger charge is 2.15. The monoisotopic (exact) mass is 374 g/mol. The quantitative estimate of drug-likeness (QED) is 0.554. The number of nitrogens with one attached hydrogen (secondary N) is 1. The number of aromatic nitrogens is 3. The Hall–Kier alpha value is -3.87. The van der Waals surface area contributed by atoms with Crippen molar-refractivity contribution in [1.29, 1.82) is 0 Å². The molecular formula is C21H18N4O3. The molecule has 2 aromatic heterocycles. The zero-order chi connectivity index (χ0) is 19.3. The van der Waals surface area contributed by atoms with Gasteiger partial charge in [-0.1, -0.05) is 29.4 Å². The number of benzene rings is 2. The van der Waals surface area contributed by atoms with Crippen LogP contribution in [0.3, 0.4) is 0 Å². The maximum absolute atomic E-state index is 12.7. The summed E-state index contributed by atoms with van der Waals surface area (Å²) in [5.41, 5.74) is 2.00. The molecule has 0 aliphatic rings. The van der Waals surface area contributed by atoms with Gasteiger partial charge in [-0.3, -0.25) is 4.79 Å². The van der Waals surface area contributed by atoms with Crippen LogP contribution in [0.5, 0.6) is 5.75 Å². The lowest BCUT2D eigenvalue weighted by atomic mass is 10.2. The molecule has 0 saturated carbocycles. The second kappa shape index (κ2) is 7.79. The van der Waals surface area contributed by atoms with Crippen LogP contribution in [0.2, 0.25) is 0 Å². The Morgan fingerprint density at radius 2 is 1.96 bits per heavy atom. The molecule has 0 spiro atoms. The number of carbonyl (C=O) groups excluding carboxylic acids is 1. The molecule has 1 amide bonds. The predicted molar refractivity (Wildman–Crippen MR) is 104 cm³/mol. The summed E-state index contributed by atoms with van der Waals surface area (Å²) in [5, 5.41) is 6.89. The smallest absolute Gasteiger partial charge is 0.272 e. The Kier molecular flexibility index (Phi) is 4.88. The van der Waals surface area contributed by atoms with Crippen LogP contribution in [-0.2, 0) is 6.54 Å². The van der Waals surface area contributed by atoms with E-state index < -0.39 is 0 Å². The molecular weight excluding hydrogens is 356 g/mol. The van der Waals surface area contributed by atoms with Crippen molar-refractivity contribution >= 4 is 11.6 Å². The minimum Gasteiger partial charge on any atom is -0.497 e. The first kappa shape index (κ1) is 17.5. The standard InChI is InChI=1S/C21H18N4O3/c1-27-17-10-5-9-16(13-17)22-20(26)18-11-6-12-25(18)14-19-23-21(28-24-19)15-7-3-2-4-8-15/h2-13H,14H2,1H3,(H,22,26). The SMILES string of the molecule is COc1cccc(NC(=O)c2cccn2Cc2noc(-c3ccccc3)n2)c1. The molecule has 0 radical (unpaired) electrons. The molecule has 2 heterocycles. The maximum atomic E-state index is 12.7. The van der Waals surface area contributed by atoms with E-state index in [1.54, 1.807) is 42.1 Å². The number of hydrogen-bond acceptors (Lipinski definition) is 5. The topological polar surface area (TPSA) is 82.2 Å². The first-order chi connectivity index (χ1) is 13.7. The van der Waals surface area contributed by atoms with E-state index in [1.807, 2.05) is 42.5 Å². The number of ether oxygens (including phenoxy) is 1. The largest absolute Gasteiger partial charge is 0.497 e. The summed E-state index contributed by atoms with van der Waals surface area (Å²) < 4.78 is 12.3. The average molecular weight is 374 g/mol. The number of nitrogens with zero attached hydrogens (tertiary/aromatic N) is 3. The zero-order valence-corrected chi connectivity index (χ0v) is 15.2. The molecule has 140 valence electrons. The van der Waals surface area contributed by atoms with E-state index in [0.29, 0.717) is 35.4 Å². The highest BCUT2D eigenvalue weighted by atomic mass is 16.5. The van der Waals surface area contributed by atoms with E-state index in [2.05, 4.69) is 15.5 Å². The van der Waals surface area contributed by atoms with Crippen LogP contribution < -0.4 is 10.1 Å². The summed E-state index contributed by atoms with van der Waals surface area (Å²) in [7, 11) is 1.58. The Labute approximate surface area is 161 Å². The van der Waals surface area contributed by atoms with Gasteiger partial charge in [-0.25, -0.2) is 0 Å². The van der Waals surface area contributed by atoms with Gasteiger partial charge in [0, 0.05) is 23.5 Å². The molecule has 0 saturated heterocycles. The lowest BCUT2D eigenvalue weighted by molar-refractivity contribution is 0.101. The van der Waals surface area contributed by atoms with Gasteiger partial charge in [0.05, 0.1) is 13.7 Å². The van der Waals surface area contributed by atoms with Gasteiger partial charge in [0.25, 0.3) is 11.8 Å². The van der Waals surface area contributed by atoms with E-state index in [1.165, 1.54) is 0 Å². The second-order valence-corrected chi connectivity index (χ2v) is 6.09. The fourth-order valence-electron chi connectivity index (χ4n) is 2.82. The van der Waals surface area contributed by atoms with Crippen LogP contribution in [0.25, 0.3) is 11.5 Å². The minimum absolute atomic E-state index is 0.231. The molecule has 28 heavy (non-hydrogen) atoms. The minimum atomic E-state index is -0.231. The predicted octanol–water partition coefficient (Wildman–Crippen LogP) is 3.85. The summed E-state index contributed by atoms with van der Waals surface area (Å²) in [6.45, 7) is 0.324. The first-order valence-electron chi connectivity index (χ1n) is 8.71. The van der Waals surface area contributed by atoms with Crippen molar-refractivity contribution in [1.82, 2.24) is 14.7 Å². The molecule has 0 bridgehead atoms. The van der Waals surface area contributed by atoms with Gasteiger partial charge >= 0.3 is 0 Å². The number of amides is 1. The number of rotatable bonds is 6. The molecule has 7 heteroatoms. The second-order valence-electron chi connectivity index (χ2n) is 6.09. The van der Waals surface area contributed by atoms with E-state index in [-0.39, 0.29) is 5.91 Å². The van der Waals surface area contributed by atoms with E-state index in [4.69, 9.17) is 9.26 Å². The van der Waals surface area contributed by atoms with Gasteiger partial charge in [-0.2, -0.15) is 4.98 Å². The normalized spacial score (nSPS) is 10.6. The molecule has 0 atom stereocenters. The van der Waals surface area contributed by atoms with Gasteiger partial charge in [-0.05, 0) is 36.4 Å². The van der Waals surface area contributed by atoms with Gasteiger partial charge in [0.2, 0.25) is 0 Å². The Balaban J connectivity index is 1.50. The lowest BCUT2D eigenvalue weighted by Crippen LogP contribution is -2.17. The number of carbonyl (C=O) groups is 1. The Morgan fingerprint density at radius 3 is 2.79 bits per heavy atom. The van der Waals surface area contributed by atoms with Crippen LogP contribution in [-0.4, -0.2) is 27.7 Å².